The lowest BCUT2D eigenvalue weighted by molar-refractivity contribution is -0.126. The molecule has 0 atom stereocenters. The molecule has 0 saturated carbocycles. The number of amidine groups is 1. The molecule has 1 aromatic carbocycles. The normalized spacial score (nSPS) is 19.6. The third-order valence-corrected chi connectivity index (χ3v) is 8.34. The van der Waals surface area contributed by atoms with Gasteiger partial charge in [0.1, 0.15) is 12.4 Å². The monoisotopic (exact) mass is 591 g/mol. The van der Waals surface area contributed by atoms with Crippen molar-refractivity contribution >= 4 is 54.5 Å². The molecule has 40 heavy (non-hydrogen) atoms. The van der Waals surface area contributed by atoms with Gasteiger partial charge in [-0.1, -0.05) is 23.2 Å². The number of hydrogen-bond acceptors (Lipinski definition) is 8. The molecule has 1 aromatic rings. The molecular weight excluding hydrogens is 552 g/mol. The number of amides is 2. The maximum atomic E-state index is 12.3. The van der Waals surface area contributed by atoms with E-state index in [4.69, 9.17) is 35.9 Å². The van der Waals surface area contributed by atoms with Crippen molar-refractivity contribution in [1.29, 1.82) is 0 Å². The number of nitrogens with one attached hydrogen (secondary N) is 2. The first-order valence-corrected chi connectivity index (χ1v) is 15.0. The largest absolute Gasteiger partial charge is 0.370 e. The van der Waals surface area contributed by atoms with Crippen molar-refractivity contribution in [2.45, 2.75) is 32.1 Å². The number of carbonyl (C=O) groups excluding carboxylic acids is 2. The van der Waals surface area contributed by atoms with Crippen molar-refractivity contribution in [3.8, 4) is 0 Å². The van der Waals surface area contributed by atoms with Crippen LogP contribution in [0.2, 0.25) is 10.0 Å². The highest BCUT2D eigenvalue weighted by Gasteiger charge is 2.23. The number of halogens is 2. The summed E-state index contributed by atoms with van der Waals surface area (Å²) < 4.78 is 5.59. The van der Waals surface area contributed by atoms with Crippen LogP contribution in [-0.2, 0) is 14.3 Å². The predicted molar refractivity (Wildman–Crippen MR) is 160 cm³/mol. The number of hydrogen-bond donors (Lipinski definition) is 2. The molecule has 0 bridgehead atoms. The minimum atomic E-state index is -0.158. The van der Waals surface area contributed by atoms with Gasteiger partial charge < -0.3 is 30.0 Å². The van der Waals surface area contributed by atoms with Gasteiger partial charge in [0.25, 0.3) is 0 Å². The second-order valence-corrected chi connectivity index (χ2v) is 11.5. The first-order chi connectivity index (χ1) is 19.4. The van der Waals surface area contributed by atoms with Crippen molar-refractivity contribution in [2.24, 2.45) is 11.0 Å². The summed E-state index contributed by atoms with van der Waals surface area (Å²) in [6.07, 6.45) is 3.88. The van der Waals surface area contributed by atoms with Crippen molar-refractivity contribution in [3.63, 3.8) is 0 Å². The summed E-state index contributed by atoms with van der Waals surface area (Å²) in [7, 11) is 5.85. The molecule has 0 aliphatic carbocycles. The second kappa shape index (κ2) is 15.9. The molecule has 0 spiro atoms. The molecule has 218 valence electrons. The number of rotatable bonds is 12. The van der Waals surface area contributed by atoms with Gasteiger partial charge in [0.2, 0.25) is 11.8 Å². The van der Waals surface area contributed by atoms with E-state index >= 15 is 0 Å². The van der Waals surface area contributed by atoms with Crippen LogP contribution in [0.5, 0.6) is 0 Å². The van der Waals surface area contributed by atoms with Gasteiger partial charge in [-0.2, -0.15) is 5.10 Å². The van der Waals surface area contributed by atoms with Crippen LogP contribution in [0.25, 0.3) is 0 Å². The molecule has 3 aliphatic rings. The molecular formula is C27H40BCl2N7O3. The van der Waals surface area contributed by atoms with E-state index in [1.54, 1.807) is 17.1 Å². The summed E-state index contributed by atoms with van der Waals surface area (Å²) in [5.41, 5.74) is 0.821. The molecule has 0 unspecified atom stereocenters. The molecule has 3 heterocycles. The average molecular weight is 592 g/mol. The lowest BCUT2D eigenvalue weighted by Gasteiger charge is -2.38. The van der Waals surface area contributed by atoms with E-state index in [0.29, 0.717) is 54.8 Å². The van der Waals surface area contributed by atoms with E-state index < -0.39 is 0 Å². The number of benzene rings is 1. The Bertz CT molecular complexity index is 1020. The van der Waals surface area contributed by atoms with E-state index in [2.05, 4.69) is 25.5 Å². The third-order valence-electron chi connectivity index (χ3n) is 7.60. The number of likely N-dealkylation sites (tertiary alicyclic amines) is 1. The predicted octanol–water partition coefficient (Wildman–Crippen LogP) is 1.96. The van der Waals surface area contributed by atoms with Crippen LogP contribution in [0.3, 0.4) is 0 Å². The lowest BCUT2D eigenvalue weighted by Crippen LogP contribution is -2.48. The van der Waals surface area contributed by atoms with Crippen molar-refractivity contribution in [1.82, 2.24) is 25.2 Å². The summed E-state index contributed by atoms with van der Waals surface area (Å²) in [5.74, 6) is 1.09. The highest BCUT2D eigenvalue weighted by Crippen LogP contribution is 2.28. The fourth-order valence-corrected chi connectivity index (χ4v) is 5.48. The topological polar surface area (TPSA) is 92.8 Å². The van der Waals surface area contributed by atoms with Crippen LogP contribution in [0.4, 0.5) is 5.69 Å². The highest BCUT2D eigenvalue weighted by molar-refractivity contribution is 6.42. The summed E-state index contributed by atoms with van der Waals surface area (Å²) >= 11 is 12.1. The summed E-state index contributed by atoms with van der Waals surface area (Å²) in [6.45, 7) is 9.88. The average Bonchev–Trinajstić information content (AvgIpc) is 3.41. The number of piperazine rings is 1. The van der Waals surface area contributed by atoms with Crippen LogP contribution >= 0.6 is 23.2 Å². The smallest absolute Gasteiger partial charge is 0.245 e. The van der Waals surface area contributed by atoms with Gasteiger partial charge in [-0.25, -0.2) is 0 Å². The van der Waals surface area contributed by atoms with Gasteiger partial charge in [0.05, 0.1) is 22.3 Å². The van der Waals surface area contributed by atoms with Gasteiger partial charge in [0, 0.05) is 52.1 Å². The zero-order valence-electron chi connectivity index (χ0n) is 23.1. The number of ether oxygens (including phenoxy) is 1. The van der Waals surface area contributed by atoms with Crippen molar-refractivity contribution in [2.75, 3.05) is 83.7 Å². The van der Waals surface area contributed by atoms with E-state index in [0.717, 1.165) is 57.4 Å². The maximum absolute atomic E-state index is 12.3. The van der Waals surface area contributed by atoms with E-state index in [1.807, 2.05) is 10.9 Å². The van der Waals surface area contributed by atoms with Crippen molar-refractivity contribution < 1.29 is 14.3 Å². The molecule has 0 aromatic heterocycles. The summed E-state index contributed by atoms with van der Waals surface area (Å²) in [5, 5.41) is 12.9. The number of hydrazone groups is 1. The number of anilines is 1. The molecule has 4 rings (SSSR count). The van der Waals surface area contributed by atoms with Crippen LogP contribution in [0.1, 0.15) is 32.1 Å². The fourth-order valence-electron chi connectivity index (χ4n) is 5.19. The van der Waals surface area contributed by atoms with E-state index in [-0.39, 0.29) is 18.4 Å². The van der Waals surface area contributed by atoms with E-state index in [1.165, 1.54) is 19.4 Å². The molecule has 2 saturated heterocycles. The molecule has 10 nitrogen and oxygen atoms in total. The van der Waals surface area contributed by atoms with Crippen LogP contribution in [0.15, 0.2) is 23.3 Å². The first kappa shape index (κ1) is 31.1. The third kappa shape index (κ3) is 10.2. The Balaban J connectivity index is 0.993. The number of nitrogens with zero attached hydrogens (tertiary/aromatic N) is 5. The second-order valence-electron chi connectivity index (χ2n) is 10.7. The summed E-state index contributed by atoms with van der Waals surface area (Å²) in [6, 6.07) is 5.31. The molecule has 2 amide bonds. The van der Waals surface area contributed by atoms with Crippen LogP contribution < -0.4 is 15.6 Å². The first-order valence-electron chi connectivity index (χ1n) is 14.2. The van der Waals surface area contributed by atoms with Crippen molar-refractivity contribution in [3.05, 3.63) is 28.2 Å². The van der Waals surface area contributed by atoms with Gasteiger partial charge in [-0.3, -0.25) is 14.6 Å². The zero-order valence-corrected chi connectivity index (χ0v) is 24.6. The maximum Gasteiger partial charge on any atom is 0.245 e. The Kier molecular flexibility index (Phi) is 12.4. The molecule has 3 aliphatic heterocycles. The number of piperidine rings is 1. The Labute approximate surface area is 248 Å². The van der Waals surface area contributed by atoms with Gasteiger partial charge in [-0.15, -0.1) is 0 Å². The molecule has 2 fully saturated rings. The van der Waals surface area contributed by atoms with Crippen LogP contribution in [0, 0.1) is 5.92 Å². The Hall–Kier alpha value is -1.89. The standard InChI is InChI=1S/C27H40BCl2N7O3/c28-36-14-12-35(13-15-36)19-21-5-9-34(10-6-21)16-17-40-20-27(39)31-8-1-2-26(38)32-25-7-11-37(33-25)22-3-4-23(29)24(30)18-22/h3-4,18,21H,1-2,5-17,19-20H2,(H,31,39)(H,32,33,38). The van der Waals surface area contributed by atoms with Crippen LogP contribution in [-0.4, -0.2) is 119 Å². The quantitative estimate of drug-likeness (QED) is 0.283. The minimum absolute atomic E-state index is 0.0388. The molecule has 2 N–H and O–H groups in total. The molecule has 13 heteroatoms. The zero-order chi connectivity index (χ0) is 28.3. The highest BCUT2D eigenvalue weighted by atomic mass is 35.5. The van der Waals surface area contributed by atoms with Gasteiger partial charge in [0.15, 0.2) is 7.98 Å². The Morgan fingerprint density at radius 1 is 1.00 bits per heavy atom. The number of carbonyl (C=O) groups is 2. The van der Waals surface area contributed by atoms with Gasteiger partial charge >= 0.3 is 0 Å². The SMILES string of the molecule is [B]N1CCN(CC2CCN(CCOCC(=O)NCCCC(=O)NC3=NN(c4ccc(Cl)c(Cl)c4)CC3)CC2)CC1. The lowest BCUT2D eigenvalue weighted by atomic mass is 9.96. The van der Waals surface area contributed by atoms with E-state index in [9.17, 15) is 9.59 Å². The minimum Gasteiger partial charge on any atom is -0.370 e. The fraction of sp³-hybridized carbons (Fsp3) is 0.667. The molecule has 2 radical (unpaired) electrons. The Morgan fingerprint density at radius 3 is 2.52 bits per heavy atom. The van der Waals surface area contributed by atoms with Gasteiger partial charge in [-0.05, 0) is 69.6 Å². The summed E-state index contributed by atoms with van der Waals surface area (Å²) in [4.78, 5) is 31.2. The Morgan fingerprint density at radius 2 is 1.77 bits per heavy atom.